The van der Waals surface area contributed by atoms with Gasteiger partial charge in [0, 0.05) is 73.4 Å². The van der Waals surface area contributed by atoms with Gasteiger partial charge in [-0.15, -0.1) is 0 Å². The number of nitro groups is 2. The molecule has 0 spiro atoms. The van der Waals surface area contributed by atoms with Gasteiger partial charge in [-0.25, -0.2) is 19.9 Å². The van der Waals surface area contributed by atoms with E-state index < -0.39 is 0 Å². The molecule has 0 aliphatic heterocycles. The second-order valence-electron chi connectivity index (χ2n) is 44.5. The monoisotopic (exact) mass is 1790 g/mol. The molecule has 9 aliphatic rings. The van der Waals surface area contributed by atoms with Gasteiger partial charge in [-0.1, -0.05) is 219 Å². The van der Waals surface area contributed by atoms with E-state index in [2.05, 4.69) is 156 Å². The average Bonchev–Trinajstić information content (AvgIpc) is 1.12. The fourth-order valence-corrected chi connectivity index (χ4v) is 28.2. The molecule has 4 heterocycles. The number of hydrogen-bond acceptors (Lipinski definition) is 18. The van der Waals surface area contributed by atoms with Crippen LogP contribution >= 0.6 is 0 Å². The van der Waals surface area contributed by atoms with Gasteiger partial charge in [-0.2, -0.15) is 39.6 Å². The SMILES string of the molecule is CC(C)(C1CCCCC1)C1CC(C(C)(C)C2CCCCC2)C(Cc2nc(-c3ccc([N+](=O)[O-])cc3)n[nH]2)C(C(C)(C)C2CCCCC2)C1.CC1CC(C2(C)CCCCC2)C(Cc2nc(-c3cccc([N+](=O)[O-])c3)n[nH]2)C(C)(C2CCCCC2)C1.CCOC(=O)Cc1nc(C(C)C2C(C)CC(C)CC2C)n[nH]1.Cc1nc(CC2C(C)CC(C)CC2C)n[nH]1.O=C=O.O=C=O.[HH].[HH].[HH].[HH].[HH].[HH].[HH].[HH].[HH]. The maximum absolute atomic E-state index is 11.5. The summed E-state index contributed by atoms with van der Waals surface area (Å²) < 4.78 is 4.95. The third-order valence-corrected chi connectivity index (χ3v) is 34.9. The molecule has 6 aromatic rings. The second kappa shape index (κ2) is 46.9. The number of benzene rings is 2. The molecule has 9 fully saturated rings. The van der Waals surface area contributed by atoms with E-state index in [9.17, 15) is 25.0 Å². The Morgan fingerprint density at radius 2 is 0.984 bits per heavy atom. The lowest BCUT2D eigenvalue weighted by Crippen LogP contribution is -2.53. The van der Waals surface area contributed by atoms with Crippen molar-refractivity contribution in [3.63, 3.8) is 0 Å². The number of carbonyl (C=O) groups excluding carboxylic acids is 5. The van der Waals surface area contributed by atoms with Crippen LogP contribution < -0.4 is 0 Å². The summed E-state index contributed by atoms with van der Waals surface area (Å²) in [6.45, 7) is 44.3. The summed E-state index contributed by atoms with van der Waals surface area (Å²) in [6.07, 6.45) is 48.9. The first-order valence-electron chi connectivity index (χ1n) is 50.2. The van der Waals surface area contributed by atoms with Crippen molar-refractivity contribution < 1.29 is 51.4 Å². The van der Waals surface area contributed by atoms with Crippen LogP contribution in [-0.2, 0) is 54.4 Å². The van der Waals surface area contributed by atoms with Gasteiger partial charge in [0.1, 0.15) is 29.7 Å². The molecular weight excluding hydrogens is 1610 g/mol. The molecule has 128 heavy (non-hydrogen) atoms. The smallest absolute Gasteiger partial charge is 0.373 e. The first-order chi connectivity index (χ1) is 61.0. The number of non-ortho nitro benzene ring substituents is 2. The van der Waals surface area contributed by atoms with Crippen molar-refractivity contribution in [2.45, 2.75) is 368 Å². The summed E-state index contributed by atoms with van der Waals surface area (Å²) in [7, 11) is 0. The molecule has 9 aliphatic carbocycles. The van der Waals surface area contributed by atoms with Crippen molar-refractivity contribution >= 4 is 29.6 Å². The molecule has 0 amide bonds. The Morgan fingerprint density at radius 3 is 1.48 bits per heavy atom. The van der Waals surface area contributed by atoms with Crippen LogP contribution in [0.2, 0.25) is 0 Å². The van der Waals surface area contributed by atoms with Crippen molar-refractivity contribution in [3.8, 4) is 22.8 Å². The average molecular weight is 1790 g/mol. The molecule has 726 valence electrons. The molecule has 9 saturated carbocycles. The number of ether oxygens (including phenoxy) is 1. The largest absolute Gasteiger partial charge is 0.466 e. The van der Waals surface area contributed by atoms with E-state index in [1.807, 2.05) is 13.0 Å². The zero-order valence-corrected chi connectivity index (χ0v) is 81.6. The van der Waals surface area contributed by atoms with Crippen molar-refractivity contribution in [2.24, 2.45) is 140 Å². The molecule has 4 N–H and O–H groups in total. The molecule has 2 aromatic carbocycles. The Balaban J connectivity index is 0.000000933. The van der Waals surface area contributed by atoms with Crippen LogP contribution in [0.4, 0.5) is 11.4 Å². The topological polar surface area (TPSA) is 347 Å². The van der Waals surface area contributed by atoms with Crippen LogP contribution in [0.1, 0.15) is 383 Å². The van der Waals surface area contributed by atoms with E-state index >= 15 is 0 Å². The summed E-state index contributed by atoms with van der Waals surface area (Å²) in [5.74, 6) is 20.5. The Hall–Kier alpha value is -7.97. The predicted molar refractivity (Wildman–Crippen MR) is 519 cm³/mol. The minimum Gasteiger partial charge on any atom is -0.466 e. The van der Waals surface area contributed by atoms with Crippen molar-refractivity contribution in [1.29, 1.82) is 0 Å². The van der Waals surface area contributed by atoms with E-state index in [4.69, 9.17) is 39.0 Å². The Morgan fingerprint density at radius 1 is 0.516 bits per heavy atom. The zero-order chi connectivity index (χ0) is 92.8. The summed E-state index contributed by atoms with van der Waals surface area (Å²) in [4.78, 5) is 84.8. The molecule has 11 atom stereocenters. The normalized spacial score (nSPS) is 28.8. The number of nitro benzene ring substituents is 2. The molecule has 24 heteroatoms. The molecule has 0 saturated heterocycles. The van der Waals surface area contributed by atoms with Crippen LogP contribution in [0.3, 0.4) is 0 Å². The number of aromatic nitrogens is 12. The number of carbonyl (C=O) groups is 1. The van der Waals surface area contributed by atoms with Gasteiger partial charge in [0.25, 0.3) is 11.4 Å². The Bertz CT molecular complexity index is 4440. The van der Waals surface area contributed by atoms with Gasteiger partial charge < -0.3 is 4.74 Å². The number of hydrogen-bond donors (Lipinski definition) is 4. The van der Waals surface area contributed by atoms with Gasteiger partial charge in [-0.05, 0) is 281 Å². The molecule has 15 rings (SSSR count). The number of nitrogens with zero attached hydrogens (tertiary/aromatic N) is 10. The van der Waals surface area contributed by atoms with Crippen LogP contribution in [0.15, 0.2) is 48.5 Å². The van der Waals surface area contributed by atoms with E-state index in [0.717, 1.165) is 119 Å². The maximum Gasteiger partial charge on any atom is 0.373 e. The minimum absolute atomic E-state index is 0. The lowest BCUT2D eigenvalue weighted by molar-refractivity contribution is -0.385. The van der Waals surface area contributed by atoms with Gasteiger partial charge in [0.05, 0.1) is 16.5 Å². The van der Waals surface area contributed by atoms with Crippen LogP contribution in [-0.4, -0.2) is 95.5 Å². The van der Waals surface area contributed by atoms with Crippen molar-refractivity contribution in [2.75, 3.05) is 6.61 Å². The highest BCUT2D eigenvalue weighted by molar-refractivity contribution is 5.71. The summed E-state index contributed by atoms with van der Waals surface area (Å²) in [5.41, 5.74) is 3.36. The highest BCUT2D eigenvalue weighted by Crippen LogP contribution is 2.65. The fraction of sp³-hybridized carbons (Fsp3) is 0.779. The van der Waals surface area contributed by atoms with Crippen molar-refractivity contribution in [3.05, 3.63) is 104 Å². The molecule has 0 bridgehead atoms. The molecule has 4 aromatic heterocycles. The quantitative estimate of drug-likeness (QED) is 0.0263. The van der Waals surface area contributed by atoms with E-state index in [1.54, 1.807) is 43.3 Å². The summed E-state index contributed by atoms with van der Waals surface area (Å²) in [6, 6.07) is 13.4. The molecule has 11 unspecified atom stereocenters. The lowest BCUT2D eigenvalue weighted by Gasteiger charge is -2.60. The zero-order valence-electron chi connectivity index (χ0n) is 81.6. The van der Waals surface area contributed by atoms with E-state index in [0.29, 0.717) is 99.1 Å². The number of aromatic amines is 4. The number of esters is 1. The Kier molecular flexibility index (Phi) is 37.4. The summed E-state index contributed by atoms with van der Waals surface area (Å²) >= 11 is 0. The van der Waals surface area contributed by atoms with Gasteiger partial charge >= 0.3 is 18.3 Å². The third kappa shape index (κ3) is 26.3. The first kappa shape index (κ1) is 102. The van der Waals surface area contributed by atoms with Crippen LogP contribution in [0.5, 0.6) is 0 Å². The first-order valence-corrected chi connectivity index (χ1v) is 50.2. The third-order valence-electron chi connectivity index (χ3n) is 34.9. The van der Waals surface area contributed by atoms with Gasteiger partial charge in [-0.3, -0.25) is 45.4 Å². The van der Waals surface area contributed by atoms with Crippen LogP contribution in [0.25, 0.3) is 22.8 Å². The number of H-pyrrole nitrogens is 4. The number of nitrogens with one attached hydrogen (secondary N) is 4. The van der Waals surface area contributed by atoms with Crippen LogP contribution in [0, 0.1) is 167 Å². The molecular formula is C104H180N14O10. The summed E-state index contributed by atoms with van der Waals surface area (Å²) in [5, 5.41) is 52.8. The lowest BCUT2D eigenvalue weighted by atomic mass is 9.45. The second-order valence-corrected chi connectivity index (χ2v) is 44.5. The standard InChI is InChI=1S/C42H66N4O2.C30H44N4O2.C17H29N3O2.C13H23N3.2CO2.9H2/c1-40(2,30-16-10-7-11-17-30)33-26-36(41(3,4)31-18-12-8-13-19-31)35(37(27-33)42(5,6)32-20-14-9-15-21-32)28-38-43-39(45-44-38)29-22-24-34(25-23-29)46(47)48;1-21-17-25(29(2)15-8-5-9-16-29)26(30(3,20-21)23-12-6-4-7-13-23)19-27-31-28(33-32-27)22-11-10-14-24(18-22)34(35)36;1-6-22-15(21)9-14-18-17(20-19-14)13(5)16-11(3)7-10(2)8-12(16)4;1-8-5-9(2)12(10(3)6-8)7-13-14-11(4)15-16-13;2*2-1-3;;;;;;;;;/h22-25,30-33,35-37H,7-21,26-28H2,1-6H3,(H,43,44,45);10-11,14,18,21,23,25-26H,4-9,12-13,15-17,19-20H2,1-3H3,(H,31,32,33);10-13,16H,6-9H2,1-5H3,(H,18,19,20);8-10,12H,5-7H2,1-4H3,(H,14,15,16);;;9*1H. The molecule has 24 nitrogen and oxygen atoms in total. The van der Waals surface area contributed by atoms with Gasteiger partial charge in [0.2, 0.25) is 0 Å². The van der Waals surface area contributed by atoms with Crippen molar-refractivity contribution in [1.82, 2.24) is 60.7 Å². The fourth-order valence-electron chi connectivity index (χ4n) is 28.2. The number of rotatable bonds is 23. The Labute approximate surface area is 778 Å². The van der Waals surface area contributed by atoms with Gasteiger partial charge in [0.15, 0.2) is 23.3 Å². The van der Waals surface area contributed by atoms with E-state index in [-0.39, 0.29) is 69.6 Å². The van der Waals surface area contributed by atoms with E-state index in [1.165, 1.54) is 218 Å². The minimum atomic E-state index is -0.356. The highest BCUT2D eigenvalue weighted by Gasteiger charge is 2.57. The predicted octanol–water partition coefficient (Wildman–Crippen LogP) is 27.5. The number of aryl methyl sites for hydroxylation is 1. The maximum atomic E-state index is 11.5. The highest BCUT2D eigenvalue weighted by atomic mass is 16.6. The molecule has 0 radical (unpaired) electrons.